The lowest BCUT2D eigenvalue weighted by molar-refractivity contribution is -0.142. The van der Waals surface area contributed by atoms with Gasteiger partial charge in [-0.25, -0.2) is 4.98 Å². The van der Waals surface area contributed by atoms with Crippen LogP contribution in [-0.4, -0.2) is 53.3 Å². The number of rotatable bonds is 5. The second kappa shape index (κ2) is 8.14. The zero-order chi connectivity index (χ0) is 19.5. The molecule has 7 nitrogen and oxygen atoms in total. The van der Waals surface area contributed by atoms with E-state index in [1.807, 2.05) is 30.3 Å². The number of benzene rings is 1. The van der Waals surface area contributed by atoms with E-state index >= 15 is 0 Å². The predicted molar refractivity (Wildman–Crippen MR) is 101 cm³/mol. The van der Waals surface area contributed by atoms with Crippen LogP contribution in [0.2, 0.25) is 0 Å². The quantitative estimate of drug-likeness (QED) is 0.792. The molecule has 2 aromatic rings. The first kappa shape index (κ1) is 18.7. The third-order valence-corrected chi connectivity index (χ3v) is 5.41. The van der Waals surface area contributed by atoms with Gasteiger partial charge in [0.1, 0.15) is 11.5 Å². The standard InChI is InChI=1S/C21H25N3O4/c1-27-20(15-7-3-2-4-8-15)21-22-16-13-24(12-10-17(16)28-21)19(26)14-23-11-6-5-9-18(23)25/h2-4,7-8,20H,5-6,9-14H2,1H3. The SMILES string of the molecule is COC(c1ccccc1)c1nc2c(o1)CCN(C(=O)CN1CCCCC1=O)C2. The van der Waals surface area contributed by atoms with E-state index in [0.29, 0.717) is 38.4 Å². The first-order chi connectivity index (χ1) is 13.7. The molecule has 0 spiro atoms. The zero-order valence-corrected chi connectivity index (χ0v) is 16.1. The van der Waals surface area contributed by atoms with E-state index in [4.69, 9.17) is 9.15 Å². The lowest BCUT2D eigenvalue weighted by Gasteiger charge is -2.30. The highest BCUT2D eigenvalue weighted by Crippen LogP contribution is 2.29. The Bertz CT molecular complexity index is 849. The summed E-state index contributed by atoms with van der Waals surface area (Å²) in [5, 5.41) is 0. The summed E-state index contributed by atoms with van der Waals surface area (Å²) >= 11 is 0. The summed E-state index contributed by atoms with van der Waals surface area (Å²) in [7, 11) is 1.63. The second-order valence-corrected chi connectivity index (χ2v) is 7.29. The van der Waals surface area contributed by atoms with Crippen LogP contribution < -0.4 is 0 Å². The summed E-state index contributed by atoms with van der Waals surface area (Å²) < 4.78 is 11.6. The van der Waals surface area contributed by atoms with Crippen LogP contribution in [0.4, 0.5) is 0 Å². The third-order valence-electron chi connectivity index (χ3n) is 5.41. The van der Waals surface area contributed by atoms with E-state index in [1.54, 1.807) is 16.9 Å². The topological polar surface area (TPSA) is 75.9 Å². The van der Waals surface area contributed by atoms with Gasteiger partial charge in [-0.3, -0.25) is 9.59 Å². The molecule has 3 heterocycles. The summed E-state index contributed by atoms with van der Waals surface area (Å²) in [6, 6.07) is 9.80. The van der Waals surface area contributed by atoms with Gasteiger partial charge >= 0.3 is 0 Å². The second-order valence-electron chi connectivity index (χ2n) is 7.29. The van der Waals surface area contributed by atoms with Crippen molar-refractivity contribution >= 4 is 11.8 Å². The number of methoxy groups -OCH3 is 1. The molecule has 2 aliphatic heterocycles. The highest BCUT2D eigenvalue weighted by atomic mass is 16.5. The molecule has 0 saturated carbocycles. The Hall–Kier alpha value is -2.67. The molecule has 0 aliphatic carbocycles. The molecule has 1 atom stereocenters. The van der Waals surface area contributed by atoms with Gasteiger partial charge in [-0.2, -0.15) is 0 Å². The van der Waals surface area contributed by atoms with Crippen molar-refractivity contribution in [3.05, 3.63) is 53.2 Å². The number of fused-ring (bicyclic) bond motifs is 1. The van der Waals surface area contributed by atoms with E-state index in [-0.39, 0.29) is 24.5 Å². The summed E-state index contributed by atoms with van der Waals surface area (Å²) in [6.07, 6.45) is 2.67. The summed E-state index contributed by atoms with van der Waals surface area (Å²) in [5.41, 5.74) is 1.75. The Morgan fingerprint density at radius 3 is 2.79 bits per heavy atom. The van der Waals surface area contributed by atoms with Crippen LogP contribution in [0.5, 0.6) is 0 Å². The fraction of sp³-hybridized carbons (Fsp3) is 0.476. The Labute approximate surface area is 164 Å². The van der Waals surface area contributed by atoms with E-state index in [1.165, 1.54) is 0 Å². The number of likely N-dealkylation sites (tertiary alicyclic amines) is 1. The van der Waals surface area contributed by atoms with E-state index in [9.17, 15) is 9.59 Å². The van der Waals surface area contributed by atoms with Crippen LogP contribution in [0.1, 0.15) is 48.3 Å². The molecular formula is C21H25N3O4. The largest absolute Gasteiger partial charge is 0.442 e. The van der Waals surface area contributed by atoms with Crippen molar-refractivity contribution in [3.8, 4) is 0 Å². The van der Waals surface area contributed by atoms with Crippen molar-refractivity contribution in [3.63, 3.8) is 0 Å². The van der Waals surface area contributed by atoms with Crippen molar-refractivity contribution in [2.75, 3.05) is 26.7 Å². The average Bonchev–Trinajstić information content (AvgIpc) is 3.14. The van der Waals surface area contributed by atoms with Crippen molar-refractivity contribution < 1.29 is 18.7 Å². The Kier molecular flexibility index (Phi) is 5.43. The Balaban J connectivity index is 1.45. The van der Waals surface area contributed by atoms with Crippen LogP contribution in [0.25, 0.3) is 0 Å². The number of hydrogen-bond acceptors (Lipinski definition) is 5. The van der Waals surface area contributed by atoms with Gasteiger partial charge in [0.15, 0.2) is 6.10 Å². The predicted octanol–water partition coefficient (Wildman–Crippen LogP) is 2.31. The molecule has 1 aromatic heterocycles. The maximum absolute atomic E-state index is 12.7. The number of carbonyl (C=O) groups excluding carboxylic acids is 2. The van der Waals surface area contributed by atoms with Gasteiger partial charge in [-0.1, -0.05) is 30.3 Å². The van der Waals surface area contributed by atoms with Crippen molar-refractivity contribution in [1.82, 2.24) is 14.8 Å². The minimum atomic E-state index is -0.373. The summed E-state index contributed by atoms with van der Waals surface area (Å²) in [6.45, 7) is 1.81. The molecule has 148 valence electrons. The molecule has 1 unspecified atom stereocenters. The van der Waals surface area contributed by atoms with Crippen molar-refractivity contribution in [2.24, 2.45) is 0 Å². The first-order valence-corrected chi connectivity index (χ1v) is 9.77. The number of ether oxygens (including phenoxy) is 1. The molecule has 4 rings (SSSR count). The van der Waals surface area contributed by atoms with E-state index in [0.717, 1.165) is 29.9 Å². The van der Waals surface area contributed by atoms with E-state index < -0.39 is 0 Å². The average molecular weight is 383 g/mol. The molecule has 7 heteroatoms. The van der Waals surface area contributed by atoms with Crippen molar-refractivity contribution in [1.29, 1.82) is 0 Å². The van der Waals surface area contributed by atoms with Gasteiger partial charge < -0.3 is 19.0 Å². The minimum Gasteiger partial charge on any atom is -0.442 e. The van der Waals surface area contributed by atoms with Gasteiger partial charge in [-0.15, -0.1) is 0 Å². The number of piperidine rings is 1. The maximum Gasteiger partial charge on any atom is 0.242 e. The number of oxazole rings is 1. The molecule has 28 heavy (non-hydrogen) atoms. The summed E-state index contributed by atoms with van der Waals surface area (Å²) in [4.78, 5) is 32.7. The number of amides is 2. The highest BCUT2D eigenvalue weighted by Gasteiger charge is 2.30. The number of carbonyl (C=O) groups is 2. The molecule has 0 radical (unpaired) electrons. The minimum absolute atomic E-state index is 0.0307. The molecule has 1 aromatic carbocycles. The van der Waals surface area contributed by atoms with Gasteiger partial charge in [0.05, 0.1) is 13.1 Å². The smallest absolute Gasteiger partial charge is 0.242 e. The van der Waals surface area contributed by atoms with Gasteiger partial charge in [0.25, 0.3) is 0 Å². The van der Waals surface area contributed by atoms with Crippen LogP contribution in [0, 0.1) is 0 Å². The van der Waals surface area contributed by atoms with Crippen molar-refractivity contribution in [2.45, 2.75) is 38.3 Å². The molecular weight excluding hydrogens is 358 g/mol. The zero-order valence-electron chi connectivity index (χ0n) is 16.1. The number of hydrogen-bond donors (Lipinski definition) is 0. The van der Waals surface area contributed by atoms with Crippen LogP contribution in [0.15, 0.2) is 34.7 Å². The molecule has 0 bridgehead atoms. The first-order valence-electron chi connectivity index (χ1n) is 9.77. The number of nitrogens with zero attached hydrogens (tertiary/aromatic N) is 3. The fourth-order valence-corrected chi connectivity index (χ4v) is 3.84. The fourth-order valence-electron chi connectivity index (χ4n) is 3.84. The van der Waals surface area contributed by atoms with Gasteiger partial charge in [-0.05, 0) is 18.4 Å². The molecule has 1 fully saturated rings. The third kappa shape index (κ3) is 3.80. The van der Waals surface area contributed by atoms with Gasteiger partial charge in [0, 0.05) is 33.0 Å². The highest BCUT2D eigenvalue weighted by molar-refractivity contribution is 5.85. The molecule has 2 aliphatic rings. The molecule has 1 saturated heterocycles. The monoisotopic (exact) mass is 383 g/mol. The Morgan fingerprint density at radius 1 is 1.21 bits per heavy atom. The lowest BCUT2D eigenvalue weighted by atomic mass is 10.1. The van der Waals surface area contributed by atoms with Crippen LogP contribution >= 0.6 is 0 Å². The maximum atomic E-state index is 12.7. The number of aromatic nitrogens is 1. The van der Waals surface area contributed by atoms with Crippen LogP contribution in [-0.2, 0) is 27.3 Å². The molecule has 2 amide bonds. The Morgan fingerprint density at radius 2 is 2.04 bits per heavy atom. The normalized spacial score (nSPS) is 18.1. The van der Waals surface area contributed by atoms with E-state index in [2.05, 4.69) is 4.98 Å². The summed E-state index contributed by atoms with van der Waals surface area (Å²) in [5.74, 6) is 1.37. The molecule has 0 N–H and O–H groups in total. The van der Waals surface area contributed by atoms with Crippen LogP contribution in [0.3, 0.4) is 0 Å². The van der Waals surface area contributed by atoms with Gasteiger partial charge in [0.2, 0.25) is 17.7 Å². The lowest BCUT2D eigenvalue weighted by Crippen LogP contribution is -2.46.